The van der Waals surface area contributed by atoms with E-state index in [0.717, 1.165) is 5.69 Å². The van der Waals surface area contributed by atoms with Gasteiger partial charge in [-0.25, -0.2) is 0 Å². The van der Waals surface area contributed by atoms with E-state index in [1.54, 1.807) is 17.0 Å². The molecule has 0 saturated carbocycles. The van der Waals surface area contributed by atoms with Crippen LogP contribution in [0.4, 0.5) is 5.69 Å². The number of benzene rings is 1. The summed E-state index contributed by atoms with van der Waals surface area (Å²) in [5, 5.41) is 0.668. The number of nitrogens with two attached hydrogens (primary N) is 1. The molecule has 0 unspecified atom stereocenters. The van der Waals surface area contributed by atoms with Crippen molar-refractivity contribution in [2.24, 2.45) is 5.73 Å². The van der Waals surface area contributed by atoms with Crippen molar-refractivity contribution in [3.63, 3.8) is 0 Å². The Labute approximate surface area is 94.8 Å². The van der Waals surface area contributed by atoms with E-state index in [4.69, 9.17) is 17.3 Å². The van der Waals surface area contributed by atoms with Crippen molar-refractivity contribution in [2.45, 2.75) is 13.3 Å². The van der Waals surface area contributed by atoms with Crippen LogP contribution in [0.2, 0.25) is 5.02 Å². The van der Waals surface area contributed by atoms with Crippen LogP contribution in [0.25, 0.3) is 0 Å². The van der Waals surface area contributed by atoms with Crippen molar-refractivity contribution in [1.29, 1.82) is 0 Å². The van der Waals surface area contributed by atoms with Crippen molar-refractivity contribution in [3.05, 3.63) is 29.3 Å². The Balaban J connectivity index is 2.82. The van der Waals surface area contributed by atoms with Gasteiger partial charge in [0.1, 0.15) is 0 Å². The Morgan fingerprint density at radius 1 is 1.40 bits per heavy atom. The van der Waals surface area contributed by atoms with Gasteiger partial charge < -0.3 is 10.6 Å². The zero-order valence-corrected chi connectivity index (χ0v) is 9.50. The number of halogens is 1. The lowest BCUT2D eigenvalue weighted by Gasteiger charge is -2.20. The molecule has 0 aromatic heterocycles. The Morgan fingerprint density at radius 2 is 2.00 bits per heavy atom. The van der Waals surface area contributed by atoms with Crippen molar-refractivity contribution >= 4 is 23.2 Å². The molecule has 0 aliphatic carbocycles. The highest BCUT2D eigenvalue weighted by molar-refractivity contribution is 6.30. The molecular weight excluding hydrogens is 212 g/mol. The first-order chi connectivity index (χ1) is 7.19. The predicted molar refractivity (Wildman–Crippen MR) is 63.2 cm³/mol. The monoisotopic (exact) mass is 226 g/mol. The summed E-state index contributed by atoms with van der Waals surface area (Å²) in [5.41, 5.74) is 6.22. The van der Waals surface area contributed by atoms with Gasteiger partial charge in [0.2, 0.25) is 5.91 Å². The summed E-state index contributed by atoms with van der Waals surface area (Å²) in [6, 6.07) is 7.21. The molecule has 1 rings (SSSR count). The number of carbonyl (C=O) groups is 1. The van der Waals surface area contributed by atoms with Crippen LogP contribution in [0, 0.1) is 0 Å². The molecule has 82 valence electrons. The van der Waals surface area contributed by atoms with Gasteiger partial charge >= 0.3 is 0 Å². The van der Waals surface area contributed by atoms with E-state index in [2.05, 4.69) is 0 Å². The summed E-state index contributed by atoms with van der Waals surface area (Å²) >= 11 is 5.78. The molecule has 3 nitrogen and oxygen atoms in total. The highest BCUT2D eigenvalue weighted by Gasteiger charge is 2.12. The van der Waals surface area contributed by atoms with E-state index in [1.165, 1.54) is 0 Å². The molecule has 4 heteroatoms. The van der Waals surface area contributed by atoms with Gasteiger partial charge in [-0.2, -0.15) is 0 Å². The molecule has 0 spiro atoms. The van der Waals surface area contributed by atoms with Crippen molar-refractivity contribution in [2.75, 3.05) is 18.0 Å². The van der Waals surface area contributed by atoms with Crippen LogP contribution < -0.4 is 10.6 Å². The summed E-state index contributed by atoms with van der Waals surface area (Å²) in [4.78, 5) is 13.4. The van der Waals surface area contributed by atoms with Crippen LogP contribution in [0.3, 0.4) is 0 Å². The molecule has 0 heterocycles. The van der Waals surface area contributed by atoms with Crippen LogP contribution in [-0.4, -0.2) is 19.0 Å². The molecule has 0 saturated heterocycles. The number of nitrogens with zero attached hydrogens (tertiary/aromatic N) is 1. The maximum absolute atomic E-state index is 11.7. The molecular formula is C11H15ClN2O. The largest absolute Gasteiger partial charge is 0.330 e. The molecule has 0 fully saturated rings. The first-order valence-corrected chi connectivity index (χ1v) is 5.32. The van der Waals surface area contributed by atoms with Gasteiger partial charge in [0, 0.05) is 30.2 Å². The maximum Gasteiger partial charge on any atom is 0.228 e. The average molecular weight is 227 g/mol. The summed E-state index contributed by atoms with van der Waals surface area (Å²) in [6.07, 6.45) is 0.371. The Hall–Kier alpha value is -1.06. The fourth-order valence-corrected chi connectivity index (χ4v) is 1.51. The molecule has 1 aromatic carbocycles. The molecule has 15 heavy (non-hydrogen) atoms. The summed E-state index contributed by atoms with van der Waals surface area (Å²) in [5.74, 6) is 0.0438. The number of anilines is 1. The number of rotatable bonds is 4. The third-order valence-electron chi connectivity index (χ3n) is 2.11. The van der Waals surface area contributed by atoms with Crippen LogP contribution >= 0.6 is 11.6 Å². The summed E-state index contributed by atoms with van der Waals surface area (Å²) in [7, 11) is 0. The van der Waals surface area contributed by atoms with Crippen LogP contribution in [0.5, 0.6) is 0 Å². The SMILES string of the molecule is CCN(C(=O)CCN)c1ccc(Cl)cc1. The van der Waals surface area contributed by atoms with Gasteiger partial charge in [0.25, 0.3) is 0 Å². The zero-order chi connectivity index (χ0) is 11.3. The second-order valence-corrected chi connectivity index (χ2v) is 3.59. The predicted octanol–water partition coefficient (Wildman–Crippen LogP) is 2.04. The molecule has 0 aliphatic heterocycles. The van der Waals surface area contributed by atoms with Gasteiger partial charge in [-0.1, -0.05) is 11.6 Å². The maximum atomic E-state index is 11.7. The minimum atomic E-state index is 0.0438. The van der Waals surface area contributed by atoms with E-state index >= 15 is 0 Å². The van der Waals surface area contributed by atoms with Crippen molar-refractivity contribution in [1.82, 2.24) is 0 Å². The quantitative estimate of drug-likeness (QED) is 0.854. The van der Waals surface area contributed by atoms with E-state index in [1.807, 2.05) is 19.1 Å². The number of amides is 1. The minimum Gasteiger partial charge on any atom is -0.330 e. The van der Waals surface area contributed by atoms with E-state index in [0.29, 0.717) is 24.5 Å². The van der Waals surface area contributed by atoms with Crippen LogP contribution in [0.1, 0.15) is 13.3 Å². The van der Waals surface area contributed by atoms with Crippen molar-refractivity contribution in [3.8, 4) is 0 Å². The van der Waals surface area contributed by atoms with Gasteiger partial charge in [-0.3, -0.25) is 4.79 Å². The highest BCUT2D eigenvalue weighted by atomic mass is 35.5. The summed E-state index contributed by atoms with van der Waals surface area (Å²) in [6.45, 7) is 2.95. The topological polar surface area (TPSA) is 46.3 Å². The lowest BCUT2D eigenvalue weighted by Crippen LogP contribution is -2.31. The van der Waals surface area contributed by atoms with Gasteiger partial charge in [-0.05, 0) is 31.2 Å². The van der Waals surface area contributed by atoms with Gasteiger partial charge in [0.15, 0.2) is 0 Å². The normalized spacial score (nSPS) is 10.1. The van der Waals surface area contributed by atoms with E-state index < -0.39 is 0 Å². The smallest absolute Gasteiger partial charge is 0.228 e. The minimum absolute atomic E-state index is 0.0438. The van der Waals surface area contributed by atoms with E-state index in [-0.39, 0.29) is 5.91 Å². The zero-order valence-electron chi connectivity index (χ0n) is 8.74. The third kappa shape index (κ3) is 3.22. The van der Waals surface area contributed by atoms with Gasteiger partial charge in [0.05, 0.1) is 0 Å². The lowest BCUT2D eigenvalue weighted by atomic mass is 10.2. The summed E-state index contributed by atoms with van der Waals surface area (Å²) < 4.78 is 0. The fraction of sp³-hybridized carbons (Fsp3) is 0.364. The lowest BCUT2D eigenvalue weighted by molar-refractivity contribution is -0.118. The number of carbonyl (C=O) groups excluding carboxylic acids is 1. The molecule has 0 radical (unpaired) electrons. The Bertz CT molecular complexity index is 324. The van der Waals surface area contributed by atoms with Crippen molar-refractivity contribution < 1.29 is 4.79 Å². The highest BCUT2D eigenvalue weighted by Crippen LogP contribution is 2.18. The standard InChI is InChI=1S/C11H15ClN2O/c1-2-14(11(15)7-8-13)10-5-3-9(12)4-6-10/h3-6H,2,7-8,13H2,1H3. The second-order valence-electron chi connectivity index (χ2n) is 3.15. The molecule has 1 aromatic rings. The Kier molecular flexibility index (Phi) is 4.59. The Morgan fingerprint density at radius 3 is 2.47 bits per heavy atom. The molecule has 0 atom stereocenters. The number of hydrogen-bond donors (Lipinski definition) is 1. The van der Waals surface area contributed by atoms with Crippen LogP contribution in [-0.2, 0) is 4.79 Å². The third-order valence-corrected chi connectivity index (χ3v) is 2.37. The number of hydrogen-bond acceptors (Lipinski definition) is 2. The molecule has 2 N–H and O–H groups in total. The fourth-order valence-electron chi connectivity index (χ4n) is 1.38. The molecule has 0 bridgehead atoms. The second kappa shape index (κ2) is 5.73. The van der Waals surface area contributed by atoms with E-state index in [9.17, 15) is 4.79 Å². The molecule has 0 aliphatic rings. The average Bonchev–Trinajstić information content (AvgIpc) is 2.22. The van der Waals surface area contributed by atoms with Gasteiger partial charge in [-0.15, -0.1) is 0 Å². The first-order valence-electron chi connectivity index (χ1n) is 4.95. The molecule has 1 amide bonds. The van der Waals surface area contributed by atoms with Crippen LogP contribution in [0.15, 0.2) is 24.3 Å². The first kappa shape index (κ1) is 12.0.